The Balaban J connectivity index is 1.29. The van der Waals surface area contributed by atoms with Crippen molar-refractivity contribution in [1.82, 2.24) is 4.98 Å². The molecule has 7 heteroatoms. The predicted molar refractivity (Wildman–Crippen MR) is 167 cm³/mol. The molecule has 0 spiro atoms. The number of aromatic nitrogens is 1. The second-order valence-electron chi connectivity index (χ2n) is 11.6. The SMILES string of the molecule is Cc1ccc(N(c2ccc(C)cc2)c2ccc3c(n2)C(C)(C)c2cc(C=C4C(=O)c5cc(F)c(F)cc5C4=O)sc2-3)cc1. The van der Waals surface area contributed by atoms with Crippen molar-refractivity contribution < 1.29 is 18.4 Å². The number of carbonyl (C=O) groups excluding carboxylic acids is 2. The summed E-state index contributed by atoms with van der Waals surface area (Å²) in [6, 6.07) is 24.4. The first-order valence-electron chi connectivity index (χ1n) is 13.9. The fourth-order valence-corrected chi connectivity index (χ4v) is 7.18. The number of pyridine rings is 1. The van der Waals surface area contributed by atoms with Gasteiger partial charge in [0.25, 0.3) is 0 Å². The Morgan fingerprint density at radius 2 is 1.28 bits per heavy atom. The fraction of sp³-hybridized carbons (Fsp3) is 0.139. The molecular formula is C36H26F2N2O2S. The molecule has 0 amide bonds. The summed E-state index contributed by atoms with van der Waals surface area (Å²) in [5, 5.41) is 0. The van der Waals surface area contributed by atoms with Crippen LogP contribution < -0.4 is 4.90 Å². The van der Waals surface area contributed by atoms with Crippen LogP contribution in [0.15, 0.2) is 84.4 Å². The number of Topliss-reactive ketones (excluding diaryl/α,β-unsaturated/α-hetero) is 2. The van der Waals surface area contributed by atoms with Gasteiger partial charge in [-0.3, -0.25) is 14.5 Å². The van der Waals surface area contributed by atoms with Gasteiger partial charge in [0.2, 0.25) is 0 Å². The van der Waals surface area contributed by atoms with E-state index in [1.807, 2.05) is 12.1 Å². The number of ketones is 2. The summed E-state index contributed by atoms with van der Waals surface area (Å²) in [4.78, 5) is 35.0. The summed E-state index contributed by atoms with van der Waals surface area (Å²) in [6.07, 6.45) is 1.54. The molecule has 0 fully saturated rings. The molecule has 0 aliphatic heterocycles. The monoisotopic (exact) mass is 588 g/mol. The van der Waals surface area contributed by atoms with Gasteiger partial charge in [0.05, 0.1) is 11.3 Å². The van der Waals surface area contributed by atoms with E-state index in [0.717, 1.165) is 55.9 Å². The molecule has 2 aliphatic carbocycles. The van der Waals surface area contributed by atoms with Crippen LogP contribution in [-0.2, 0) is 5.41 Å². The van der Waals surface area contributed by atoms with Crippen molar-refractivity contribution in [3.05, 3.63) is 134 Å². The van der Waals surface area contributed by atoms with Crippen molar-refractivity contribution in [3.63, 3.8) is 0 Å². The van der Waals surface area contributed by atoms with E-state index in [0.29, 0.717) is 0 Å². The first kappa shape index (κ1) is 27.1. The first-order valence-corrected chi connectivity index (χ1v) is 14.7. The number of nitrogens with zero attached hydrogens (tertiary/aromatic N) is 2. The van der Waals surface area contributed by atoms with Crippen LogP contribution in [0.4, 0.5) is 26.0 Å². The molecule has 5 aromatic rings. The molecule has 7 rings (SSSR count). The van der Waals surface area contributed by atoms with Gasteiger partial charge >= 0.3 is 0 Å². The number of hydrogen-bond acceptors (Lipinski definition) is 5. The average molecular weight is 589 g/mol. The van der Waals surface area contributed by atoms with Crippen LogP contribution in [0, 0.1) is 25.5 Å². The Morgan fingerprint density at radius 1 is 0.744 bits per heavy atom. The minimum Gasteiger partial charge on any atom is -0.295 e. The molecule has 2 heterocycles. The van der Waals surface area contributed by atoms with Crippen molar-refractivity contribution in [1.29, 1.82) is 0 Å². The molecule has 2 aromatic heterocycles. The van der Waals surface area contributed by atoms with Crippen molar-refractivity contribution >= 4 is 46.2 Å². The van der Waals surface area contributed by atoms with Gasteiger partial charge in [0, 0.05) is 43.2 Å². The third-order valence-corrected chi connectivity index (χ3v) is 9.40. The lowest BCUT2D eigenvalue weighted by Gasteiger charge is -2.27. The summed E-state index contributed by atoms with van der Waals surface area (Å²) >= 11 is 1.47. The molecule has 2 aliphatic rings. The Labute approximate surface area is 252 Å². The number of thiophene rings is 1. The van der Waals surface area contributed by atoms with Crippen LogP contribution in [-0.4, -0.2) is 16.6 Å². The highest BCUT2D eigenvalue weighted by atomic mass is 32.1. The minimum absolute atomic E-state index is 0.0849. The number of aryl methyl sites for hydroxylation is 2. The van der Waals surface area contributed by atoms with Gasteiger partial charge in [-0.1, -0.05) is 49.2 Å². The highest BCUT2D eigenvalue weighted by Gasteiger charge is 2.40. The normalized spacial score (nSPS) is 14.5. The number of allylic oxidation sites excluding steroid dienone is 1. The van der Waals surface area contributed by atoms with Gasteiger partial charge in [0.15, 0.2) is 23.2 Å². The van der Waals surface area contributed by atoms with Crippen LogP contribution >= 0.6 is 11.3 Å². The molecule has 0 unspecified atom stereocenters. The molecule has 3 aromatic carbocycles. The van der Waals surface area contributed by atoms with Gasteiger partial charge < -0.3 is 0 Å². The zero-order valence-electron chi connectivity index (χ0n) is 24.0. The lowest BCUT2D eigenvalue weighted by atomic mass is 9.86. The highest BCUT2D eigenvalue weighted by molar-refractivity contribution is 7.16. The fourth-order valence-electron chi connectivity index (χ4n) is 5.90. The Hall–Kier alpha value is -4.75. The lowest BCUT2D eigenvalue weighted by molar-refractivity contribution is 0.0990. The first-order chi connectivity index (χ1) is 20.5. The molecule has 0 atom stereocenters. The van der Waals surface area contributed by atoms with Crippen LogP contribution in [0.2, 0.25) is 0 Å². The predicted octanol–water partition coefficient (Wildman–Crippen LogP) is 9.28. The largest absolute Gasteiger partial charge is 0.295 e. The lowest BCUT2D eigenvalue weighted by Crippen LogP contribution is -2.19. The van der Waals surface area contributed by atoms with E-state index >= 15 is 0 Å². The third-order valence-electron chi connectivity index (χ3n) is 8.28. The van der Waals surface area contributed by atoms with Gasteiger partial charge in [-0.05, 0) is 80.1 Å². The minimum atomic E-state index is -1.15. The number of benzene rings is 3. The number of anilines is 3. The maximum Gasteiger partial charge on any atom is 0.197 e. The number of fused-ring (bicyclic) bond motifs is 4. The molecule has 0 bridgehead atoms. The maximum absolute atomic E-state index is 13.8. The standard InChI is InChI=1S/C36H26F2N2O2S/c1-19-5-9-21(10-6-19)40(22-11-7-20(2)8-12-22)31-14-13-24-34-28(36(3,4)35(24)39-31)16-23(43-34)15-27-32(41)25-17-29(37)30(38)18-26(25)33(27)42/h5-18H,1-4H3. The Kier molecular flexibility index (Phi) is 6.08. The van der Waals surface area contributed by atoms with Crippen LogP contribution in [0.3, 0.4) is 0 Å². The van der Waals surface area contributed by atoms with E-state index in [2.05, 4.69) is 87.2 Å². The zero-order chi connectivity index (χ0) is 30.2. The van der Waals surface area contributed by atoms with Gasteiger partial charge in [-0.15, -0.1) is 11.3 Å². The maximum atomic E-state index is 13.8. The smallest absolute Gasteiger partial charge is 0.197 e. The van der Waals surface area contributed by atoms with Crippen molar-refractivity contribution in [2.24, 2.45) is 0 Å². The molecular weight excluding hydrogens is 562 g/mol. The summed E-state index contributed by atoms with van der Waals surface area (Å²) in [6.45, 7) is 8.37. The van der Waals surface area contributed by atoms with E-state index in [1.165, 1.54) is 28.5 Å². The van der Waals surface area contributed by atoms with Crippen molar-refractivity contribution in [2.45, 2.75) is 33.1 Å². The number of hydrogen-bond donors (Lipinski definition) is 0. The third kappa shape index (κ3) is 4.26. The van der Waals surface area contributed by atoms with Gasteiger partial charge in [-0.2, -0.15) is 0 Å². The molecule has 43 heavy (non-hydrogen) atoms. The van der Waals surface area contributed by atoms with Crippen LogP contribution in [0.5, 0.6) is 0 Å². The quantitative estimate of drug-likeness (QED) is 0.155. The Bertz CT molecular complexity index is 1930. The topological polar surface area (TPSA) is 50.3 Å². The molecule has 0 saturated heterocycles. The van der Waals surface area contributed by atoms with Crippen LogP contribution in [0.25, 0.3) is 16.5 Å². The average Bonchev–Trinajstić information content (AvgIpc) is 3.57. The summed E-state index contributed by atoms with van der Waals surface area (Å²) in [5.41, 5.74) is 6.63. The molecule has 0 saturated carbocycles. The summed E-state index contributed by atoms with van der Waals surface area (Å²) in [5.74, 6) is -2.68. The summed E-state index contributed by atoms with van der Waals surface area (Å²) < 4.78 is 27.6. The highest BCUT2D eigenvalue weighted by Crippen LogP contribution is 2.53. The van der Waals surface area contributed by atoms with Gasteiger partial charge in [0.1, 0.15) is 5.82 Å². The van der Waals surface area contributed by atoms with E-state index in [4.69, 9.17) is 4.98 Å². The molecule has 4 nitrogen and oxygen atoms in total. The Morgan fingerprint density at radius 3 is 1.81 bits per heavy atom. The number of carbonyl (C=O) groups is 2. The second-order valence-corrected chi connectivity index (χ2v) is 12.7. The second kappa shape index (κ2) is 9.64. The molecule has 0 radical (unpaired) electrons. The van der Waals surface area contributed by atoms with Crippen molar-refractivity contribution in [3.8, 4) is 10.4 Å². The number of rotatable bonds is 4. The van der Waals surface area contributed by atoms with E-state index in [1.54, 1.807) is 0 Å². The molecule has 212 valence electrons. The van der Waals surface area contributed by atoms with E-state index < -0.39 is 28.6 Å². The zero-order valence-corrected chi connectivity index (χ0v) is 24.8. The van der Waals surface area contributed by atoms with Gasteiger partial charge in [-0.25, -0.2) is 13.8 Å². The number of halogens is 2. The molecule has 0 N–H and O–H groups in total. The van der Waals surface area contributed by atoms with E-state index in [9.17, 15) is 18.4 Å². The van der Waals surface area contributed by atoms with Crippen LogP contribution in [0.1, 0.15) is 61.8 Å². The summed E-state index contributed by atoms with van der Waals surface area (Å²) in [7, 11) is 0. The van der Waals surface area contributed by atoms with Crippen molar-refractivity contribution in [2.75, 3.05) is 4.90 Å². The van der Waals surface area contributed by atoms with E-state index in [-0.39, 0.29) is 16.7 Å².